The maximum atomic E-state index is 13.7. The molecule has 3 aromatic rings. The van der Waals surface area contributed by atoms with Crippen molar-refractivity contribution in [3.8, 4) is 5.75 Å². The standard InChI is InChI=1S/C30H36FN3O5S/c1-4-19-32-30(36)28(5-2)33(20-23-11-13-25(31)14-12-23)29(35)21-34(40(3,37)38)26-15-17-27(18-16-26)39-22-24-9-7-6-8-10-24/h6-18,28H,4-5,19-22H2,1-3H3,(H,32,36). The van der Waals surface area contributed by atoms with Gasteiger partial charge in [-0.15, -0.1) is 0 Å². The van der Waals surface area contributed by atoms with Gasteiger partial charge < -0.3 is 15.0 Å². The van der Waals surface area contributed by atoms with E-state index in [9.17, 15) is 22.4 Å². The average molecular weight is 570 g/mol. The Balaban J connectivity index is 1.83. The van der Waals surface area contributed by atoms with Gasteiger partial charge in [0.2, 0.25) is 21.8 Å². The zero-order valence-corrected chi connectivity index (χ0v) is 23.9. The number of rotatable bonds is 14. The highest BCUT2D eigenvalue weighted by atomic mass is 32.2. The number of benzene rings is 3. The summed E-state index contributed by atoms with van der Waals surface area (Å²) in [5.41, 5.74) is 1.89. The molecular formula is C30H36FN3O5S. The number of ether oxygens (including phenoxy) is 1. The van der Waals surface area contributed by atoms with E-state index in [1.54, 1.807) is 31.2 Å². The lowest BCUT2D eigenvalue weighted by atomic mass is 10.1. The van der Waals surface area contributed by atoms with Gasteiger partial charge in [0.25, 0.3) is 0 Å². The van der Waals surface area contributed by atoms with Gasteiger partial charge in [-0.2, -0.15) is 0 Å². The minimum absolute atomic E-state index is 0.0149. The Morgan fingerprint density at radius 2 is 1.57 bits per heavy atom. The van der Waals surface area contributed by atoms with Crippen LogP contribution in [0.4, 0.5) is 10.1 Å². The van der Waals surface area contributed by atoms with E-state index in [1.165, 1.54) is 29.2 Å². The van der Waals surface area contributed by atoms with Crippen LogP contribution < -0.4 is 14.4 Å². The summed E-state index contributed by atoms with van der Waals surface area (Å²) < 4.78 is 45.9. The minimum Gasteiger partial charge on any atom is -0.489 e. The molecule has 0 aliphatic rings. The van der Waals surface area contributed by atoms with Crippen molar-refractivity contribution in [3.05, 3.63) is 95.8 Å². The quantitative estimate of drug-likeness (QED) is 0.308. The van der Waals surface area contributed by atoms with Crippen LogP contribution in [0.15, 0.2) is 78.9 Å². The first-order chi connectivity index (χ1) is 19.1. The highest BCUT2D eigenvalue weighted by Gasteiger charge is 2.31. The summed E-state index contributed by atoms with van der Waals surface area (Å²) in [5, 5.41) is 2.82. The number of carbonyl (C=O) groups excluding carboxylic acids is 2. The van der Waals surface area contributed by atoms with E-state index in [0.717, 1.165) is 22.5 Å². The van der Waals surface area contributed by atoms with E-state index < -0.39 is 34.3 Å². The van der Waals surface area contributed by atoms with Gasteiger partial charge in [0.05, 0.1) is 11.9 Å². The number of carbonyl (C=O) groups is 2. The molecular weight excluding hydrogens is 533 g/mol. The third-order valence-corrected chi connectivity index (χ3v) is 7.39. The number of amides is 2. The van der Waals surface area contributed by atoms with Crippen molar-refractivity contribution in [2.24, 2.45) is 0 Å². The number of anilines is 1. The molecule has 0 aliphatic heterocycles. The number of hydrogen-bond acceptors (Lipinski definition) is 5. The van der Waals surface area contributed by atoms with Gasteiger partial charge in [-0.05, 0) is 60.4 Å². The monoisotopic (exact) mass is 569 g/mol. The predicted molar refractivity (Wildman–Crippen MR) is 154 cm³/mol. The van der Waals surface area contributed by atoms with Crippen LogP contribution in [0.2, 0.25) is 0 Å². The minimum atomic E-state index is -3.87. The molecule has 10 heteroatoms. The van der Waals surface area contributed by atoms with Crippen molar-refractivity contribution in [2.45, 2.75) is 45.9 Å². The molecule has 0 spiro atoms. The first-order valence-electron chi connectivity index (χ1n) is 13.2. The van der Waals surface area contributed by atoms with E-state index in [1.807, 2.05) is 37.3 Å². The van der Waals surface area contributed by atoms with E-state index >= 15 is 0 Å². The van der Waals surface area contributed by atoms with Crippen LogP contribution in [0.25, 0.3) is 0 Å². The van der Waals surface area contributed by atoms with Crippen LogP contribution in [-0.2, 0) is 32.8 Å². The van der Waals surface area contributed by atoms with Gasteiger partial charge in [0, 0.05) is 13.1 Å². The molecule has 0 heterocycles. The van der Waals surface area contributed by atoms with E-state index in [-0.39, 0.29) is 18.1 Å². The molecule has 2 amide bonds. The normalized spacial score (nSPS) is 11.9. The Labute approximate surface area is 235 Å². The summed E-state index contributed by atoms with van der Waals surface area (Å²) in [6, 6.07) is 20.9. The molecule has 0 radical (unpaired) electrons. The summed E-state index contributed by atoms with van der Waals surface area (Å²) >= 11 is 0. The van der Waals surface area contributed by atoms with Crippen LogP contribution in [0, 0.1) is 5.82 Å². The SMILES string of the molecule is CCCNC(=O)C(CC)N(Cc1ccc(F)cc1)C(=O)CN(c1ccc(OCc2ccccc2)cc1)S(C)(=O)=O. The van der Waals surface area contributed by atoms with Crippen LogP contribution in [-0.4, -0.2) is 50.5 Å². The molecule has 214 valence electrons. The third kappa shape index (κ3) is 8.81. The summed E-state index contributed by atoms with van der Waals surface area (Å²) in [4.78, 5) is 28.0. The summed E-state index contributed by atoms with van der Waals surface area (Å²) in [6.45, 7) is 4.00. The van der Waals surface area contributed by atoms with Crippen molar-refractivity contribution >= 4 is 27.5 Å². The van der Waals surface area contributed by atoms with Crippen molar-refractivity contribution in [2.75, 3.05) is 23.7 Å². The molecule has 1 unspecified atom stereocenters. The lowest BCUT2D eigenvalue weighted by molar-refractivity contribution is -0.140. The fraction of sp³-hybridized carbons (Fsp3) is 0.333. The van der Waals surface area contributed by atoms with Crippen molar-refractivity contribution in [1.82, 2.24) is 10.2 Å². The van der Waals surface area contributed by atoms with Crippen LogP contribution in [0.5, 0.6) is 5.75 Å². The van der Waals surface area contributed by atoms with E-state index in [2.05, 4.69) is 5.32 Å². The largest absolute Gasteiger partial charge is 0.489 e. The average Bonchev–Trinajstić information content (AvgIpc) is 2.94. The highest BCUT2D eigenvalue weighted by Crippen LogP contribution is 2.23. The van der Waals surface area contributed by atoms with Gasteiger partial charge in [0.1, 0.15) is 30.8 Å². The molecule has 40 heavy (non-hydrogen) atoms. The second-order valence-electron chi connectivity index (χ2n) is 9.40. The number of nitrogens with one attached hydrogen (secondary N) is 1. The molecule has 0 aliphatic carbocycles. The second kappa shape index (κ2) is 14.5. The van der Waals surface area contributed by atoms with E-state index in [0.29, 0.717) is 30.9 Å². The maximum absolute atomic E-state index is 13.7. The van der Waals surface area contributed by atoms with Crippen LogP contribution >= 0.6 is 0 Å². The smallest absolute Gasteiger partial charge is 0.244 e. The molecule has 0 fully saturated rings. The third-order valence-electron chi connectivity index (χ3n) is 6.25. The second-order valence-corrected chi connectivity index (χ2v) is 11.3. The van der Waals surface area contributed by atoms with Crippen molar-refractivity contribution in [3.63, 3.8) is 0 Å². The zero-order chi connectivity index (χ0) is 29.1. The fourth-order valence-electron chi connectivity index (χ4n) is 4.14. The lowest BCUT2D eigenvalue weighted by Crippen LogP contribution is -2.52. The Morgan fingerprint density at radius 1 is 0.925 bits per heavy atom. The molecule has 0 bridgehead atoms. The molecule has 1 atom stereocenters. The summed E-state index contributed by atoms with van der Waals surface area (Å²) in [7, 11) is -3.87. The van der Waals surface area contributed by atoms with Crippen LogP contribution in [0.1, 0.15) is 37.8 Å². The van der Waals surface area contributed by atoms with Crippen molar-refractivity contribution in [1.29, 1.82) is 0 Å². The first kappa shape index (κ1) is 30.6. The van der Waals surface area contributed by atoms with Gasteiger partial charge >= 0.3 is 0 Å². The number of halogens is 1. The predicted octanol–water partition coefficient (Wildman–Crippen LogP) is 4.50. The summed E-state index contributed by atoms with van der Waals surface area (Å²) in [5.74, 6) is -0.763. The summed E-state index contributed by atoms with van der Waals surface area (Å²) in [6.07, 6.45) is 2.06. The fourth-order valence-corrected chi connectivity index (χ4v) is 4.98. The molecule has 0 saturated heterocycles. The molecule has 8 nitrogen and oxygen atoms in total. The van der Waals surface area contributed by atoms with Crippen molar-refractivity contribution < 1.29 is 27.1 Å². The number of sulfonamides is 1. The highest BCUT2D eigenvalue weighted by molar-refractivity contribution is 7.92. The van der Waals surface area contributed by atoms with Gasteiger partial charge in [-0.3, -0.25) is 13.9 Å². The maximum Gasteiger partial charge on any atom is 0.244 e. The van der Waals surface area contributed by atoms with Crippen LogP contribution in [0.3, 0.4) is 0 Å². The van der Waals surface area contributed by atoms with Gasteiger partial charge in [0.15, 0.2) is 0 Å². The van der Waals surface area contributed by atoms with E-state index in [4.69, 9.17) is 4.74 Å². The lowest BCUT2D eigenvalue weighted by Gasteiger charge is -2.33. The van der Waals surface area contributed by atoms with Gasteiger partial charge in [-0.1, -0.05) is 56.3 Å². The Hall–Kier alpha value is -3.92. The Bertz CT molecular complexity index is 1350. The first-order valence-corrected chi connectivity index (χ1v) is 15.0. The molecule has 3 rings (SSSR count). The Morgan fingerprint density at radius 3 is 2.15 bits per heavy atom. The molecule has 1 N–H and O–H groups in total. The molecule has 0 saturated carbocycles. The number of hydrogen-bond donors (Lipinski definition) is 1. The molecule has 0 aromatic heterocycles. The zero-order valence-electron chi connectivity index (χ0n) is 23.0. The van der Waals surface area contributed by atoms with Gasteiger partial charge in [-0.25, -0.2) is 12.8 Å². The Kier molecular flexibility index (Phi) is 11.1. The molecule has 3 aromatic carbocycles. The number of nitrogens with zero attached hydrogens (tertiary/aromatic N) is 2. The topological polar surface area (TPSA) is 96.0 Å².